The van der Waals surface area contributed by atoms with Gasteiger partial charge in [-0.1, -0.05) is 82.6 Å². The van der Waals surface area contributed by atoms with Crippen LogP contribution in [0.1, 0.15) is 120 Å². The van der Waals surface area contributed by atoms with Crippen molar-refractivity contribution in [2.45, 2.75) is 116 Å². The first kappa shape index (κ1) is 25.7. The minimum Gasteiger partial charge on any atom is -0.275 e. The van der Waals surface area contributed by atoms with Crippen LogP contribution in [0.15, 0.2) is 24.3 Å². The molecule has 0 spiro atoms. The molecule has 0 aliphatic heterocycles. The first-order valence-corrected chi connectivity index (χ1v) is 14.4. The van der Waals surface area contributed by atoms with E-state index in [2.05, 4.69) is 31.2 Å². The summed E-state index contributed by atoms with van der Waals surface area (Å²) in [5, 5.41) is 1.34. The van der Waals surface area contributed by atoms with Crippen LogP contribution < -0.4 is 0 Å². The quantitative estimate of drug-likeness (QED) is 0.230. The van der Waals surface area contributed by atoms with Crippen LogP contribution >= 0.6 is 0 Å². The number of carbonyl (C=O) groups excluding carboxylic acids is 1. The largest absolute Gasteiger partial charge is 0.275 e. The summed E-state index contributed by atoms with van der Waals surface area (Å²) in [5.41, 5.74) is 4.01. The standard InChI is InChI=1S/C31H49NO2/c1-31-22-14-18-28(31)27-21-20-24-15-12-13-17-26(24)30(27)25(23-31)16-10-8-6-4-5-7-9-11-19-29(33)32(2)34-3/h12-13,15,17,25,27-28,30H,4-11,14,16,18-23H2,1-3H3/t25-,27-,28-,30+,31-/m0/s1. The second-order valence-corrected chi connectivity index (χ2v) is 12.0. The van der Waals surface area contributed by atoms with E-state index in [1.54, 1.807) is 25.3 Å². The summed E-state index contributed by atoms with van der Waals surface area (Å²) in [6.45, 7) is 2.65. The van der Waals surface area contributed by atoms with E-state index in [1.165, 1.54) is 88.5 Å². The zero-order valence-corrected chi connectivity index (χ0v) is 22.2. The van der Waals surface area contributed by atoms with Gasteiger partial charge in [-0.15, -0.1) is 0 Å². The number of hydrogen-bond acceptors (Lipinski definition) is 2. The fraction of sp³-hybridized carbons (Fsp3) is 0.774. The highest BCUT2D eigenvalue weighted by Crippen LogP contribution is 2.63. The number of aryl methyl sites for hydroxylation is 1. The van der Waals surface area contributed by atoms with E-state index in [0.717, 1.165) is 36.5 Å². The lowest BCUT2D eigenvalue weighted by Gasteiger charge is -2.53. The molecule has 3 heteroatoms. The lowest BCUT2D eigenvalue weighted by molar-refractivity contribution is -0.168. The summed E-state index contributed by atoms with van der Waals surface area (Å²) in [7, 11) is 3.24. The third-order valence-corrected chi connectivity index (χ3v) is 9.87. The molecule has 1 aromatic carbocycles. The number of benzene rings is 1. The van der Waals surface area contributed by atoms with Gasteiger partial charge in [0, 0.05) is 13.5 Å². The normalized spacial score (nSPS) is 29.9. The average molecular weight is 468 g/mol. The van der Waals surface area contributed by atoms with E-state index >= 15 is 0 Å². The molecular weight excluding hydrogens is 418 g/mol. The molecule has 0 radical (unpaired) electrons. The first-order valence-electron chi connectivity index (χ1n) is 14.4. The molecule has 0 heterocycles. The maximum absolute atomic E-state index is 11.7. The predicted octanol–water partition coefficient (Wildman–Crippen LogP) is 8.08. The van der Waals surface area contributed by atoms with Crippen molar-refractivity contribution in [3.63, 3.8) is 0 Å². The number of amides is 1. The summed E-state index contributed by atoms with van der Waals surface area (Å²) in [4.78, 5) is 16.7. The smallest absolute Gasteiger partial charge is 0.245 e. The Labute approximate surface area is 209 Å². The van der Waals surface area contributed by atoms with Crippen molar-refractivity contribution in [1.29, 1.82) is 0 Å². The molecule has 0 bridgehead atoms. The van der Waals surface area contributed by atoms with Gasteiger partial charge in [-0.3, -0.25) is 9.63 Å². The summed E-state index contributed by atoms with van der Waals surface area (Å²) < 4.78 is 0. The van der Waals surface area contributed by atoms with Crippen molar-refractivity contribution in [3.8, 4) is 0 Å². The van der Waals surface area contributed by atoms with Crippen LogP contribution in [0.3, 0.4) is 0 Å². The molecule has 3 aliphatic carbocycles. The van der Waals surface area contributed by atoms with Crippen LogP contribution in [0.4, 0.5) is 0 Å². The van der Waals surface area contributed by atoms with Gasteiger partial charge in [-0.25, -0.2) is 5.06 Å². The highest BCUT2D eigenvalue weighted by molar-refractivity contribution is 5.74. The SMILES string of the molecule is CON(C)C(=O)CCCCCCCCCC[C@H]1C[C@]2(C)CCC[C@H]2[C@@H]2CCc3ccccc3[C@@H]12. The second kappa shape index (κ2) is 12.1. The Morgan fingerprint density at radius 2 is 1.74 bits per heavy atom. The molecule has 3 nitrogen and oxygen atoms in total. The molecule has 0 N–H and O–H groups in total. The van der Waals surface area contributed by atoms with Gasteiger partial charge >= 0.3 is 0 Å². The summed E-state index contributed by atoms with van der Waals surface area (Å²) in [6.07, 6.45) is 21.0. The molecule has 3 aliphatic rings. The first-order chi connectivity index (χ1) is 16.5. The van der Waals surface area contributed by atoms with E-state index in [9.17, 15) is 4.79 Å². The lowest BCUT2D eigenvalue weighted by atomic mass is 9.51. The number of nitrogens with zero attached hydrogens (tertiary/aromatic N) is 1. The van der Waals surface area contributed by atoms with Crippen molar-refractivity contribution >= 4 is 5.91 Å². The van der Waals surface area contributed by atoms with E-state index in [-0.39, 0.29) is 5.91 Å². The van der Waals surface area contributed by atoms with E-state index < -0.39 is 0 Å². The van der Waals surface area contributed by atoms with Crippen LogP contribution in [0.2, 0.25) is 0 Å². The lowest BCUT2D eigenvalue weighted by Crippen LogP contribution is -2.44. The van der Waals surface area contributed by atoms with Crippen LogP contribution in [0.25, 0.3) is 0 Å². The third kappa shape index (κ3) is 5.89. The van der Waals surface area contributed by atoms with Gasteiger partial charge in [0.05, 0.1) is 7.11 Å². The van der Waals surface area contributed by atoms with Gasteiger partial charge < -0.3 is 0 Å². The number of rotatable bonds is 12. The monoisotopic (exact) mass is 467 g/mol. The minimum atomic E-state index is 0.0887. The Bertz CT molecular complexity index is 791. The van der Waals surface area contributed by atoms with Gasteiger partial charge in [0.2, 0.25) is 5.91 Å². The Balaban J connectivity index is 1.19. The molecular formula is C31H49NO2. The van der Waals surface area contributed by atoms with E-state index in [1.807, 2.05) is 0 Å². The van der Waals surface area contributed by atoms with Crippen molar-refractivity contribution in [2.24, 2.45) is 23.2 Å². The molecule has 190 valence electrons. The fourth-order valence-corrected chi connectivity index (χ4v) is 8.13. The van der Waals surface area contributed by atoms with Crippen LogP contribution in [-0.2, 0) is 16.1 Å². The molecule has 0 saturated heterocycles. The zero-order valence-electron chi connectivity index (χ0n) is 22.2. The molecule has 0 aromatic heterocycles. The topological polar surface area (TPSA) is 29.5 Å². The van der Waals surface area contributed by atoms with E-state index in [4.69, 9.17) is 4.84 Å². The Morgan fingerprint density at radius 1 is 1.03 bits per heavy atom. The molecule has 5 atom stereocenters. The minimum absolute atomic E-state index is 0.0887. The Morgan fingerprint density at radius 3 is 2.50 bits per heavy atom. The van der Waals surface area contributed by atoms with Gasteiger partial charge in [0.25, 0.3) is 0 Å². The van der Waals surface area contributed by atoms with Crippen LogP contribution in [0, 0.1) is 23.2 Å². The maximum Gasteiger partial charge on any atom is 0.245 e. The Hall–Kier alpha value is -1.35. The van der Waals surface area contributed by atoms with Gasteiger partial charge in [0.15, 0.2) is 0 Å². The van der Waals surface area contributed by atoms with Gasteiger partial charge in [0.1, 0.15) is 0 Å². The average Bonchev–Trinajstić information content (AvgIpc) is 3.25. The summed E-state index contributed by atoms with van der Waals surface area (Å²) in [6, 6.07) is 9.45. The zero-order chi connectivity index (χ0) is 24.0. The fourth-order valence-electron chi connectivity index (χ4n) is 8.13. The molecule has 1 amide bonds. The van der Waals surface area contributed by atoms with Crippen LogP contribution in [0.5, 0.6) is 0 Å². The number of carbonyl (C=O) groups is 1. The summed E-state index contributed by atoms with van der Waals surface area (Å²) in [5.74, 6) is 3.74. The van der Waals surface area contributed by atoms with Crippen molar-refractivity contribution in [1.82, 2.24) is 5.06 Å². The van der Waals surface area contributed by atoms with Gasteiger partial charge in [-0.2, -0.15) is 0 Å². The highest BCUT2D eigenvalue weighted by Gasteiger charge is 2.53. The molecule has 34 heavy (non-hydrogen) atoms. The summed E-state index contributed by atoms with van der Waals surface area (Å²) >= 11 is 0. The molecule has 1 aromatic rings. The third-order valence-electron chi connectivity index (χ3n) is 9.87. The van der Waals surface area contributed by atoms with Crippen molar-refractivity contribution in [3.05, 3.63) is 35.4 Å². The number of hydroxylamine groups is 2. The molecule has 4 rings (SSSR count). The van der Waals surface area contributed by atoms with E-state index in [0.29, 0.717) is 11.8 Å². The number of fused-ring (bicyclic) bond motifs is 5. The maximum atomic E-state index is 11.7. The predicted molar refractivity (Wildman–Crippen MR) is 140 cm³/mol. The molecule has 0 unspecified atom stereocenters. The second-order valence-electron chi connectivity index (χ2n) is 12.0. The van der Waals surface area contributed by atoms with Crippen LogP contribution in [-0.4, -0.2) is 25.1 Å². The van der Waals surface area contributed by atoms with Crippen molar-refractivity contribution in [2.75, 3.05) is 14.2 Å². The van der Waals surface area contributed by atoms with Crippen molar-refractivity contribution < 1.29 is 9.63 Å². The highest BCUT2D eigenvalue weighted by atomic mass is 16.7. The molecule has 2 saturated carbocycles. The molecule has 2 fully saturated rings. The van der Waals surface area contributed by atoms with Gasteiger partial charge in [-0.05, 0) is 85.2 Å². The number of hydrogen-bond donors (Lipinski definition) is 0. The number of unbranched alkanes of at least 4 members (excludes halogenated alkanes) is 7. The Kier molecular flexibility index (Phi) is 9.13.